The van der Waals surface area contributed by atoms with Crippen LogP contribution < -0.4 is 9.80 Å². The van der Waals surface area contributed by atoms with Crippen LogP contribution in [0, 0.1) is 6.92 Å². The first kappa shape index (κ1) is 18.8. The topological polar surface area (TPSA) is 13.0 Å². The summed E-state index contributed by atoms with van der Waals surface area (Å²) >= 11 is 0. The van der Waals surface area contributed by atoms with E-state index in [-0.39, 0.29) is 0 Å². The molecule has 0 saturated heterocycles. The van der Waals surface area contributed by atoms with Crippen LogP contribution in [-0.2, 0) is 0 Å². The average molecular weight is 395 g/mol. The molecule has 0 radical (unpaired) electrons. The fraction of sp³-hybridized carbons (Fsp3) is 0.304. The number of benzene rings is 2. The van der Waals surface area contributed by atoms with Gasteiger partial charge in [-0.2, -0.15) is 10.0 Å². The van der Waals surface area contributed by atoms with Crippen molar-refractivity contribution < 1.29 is 0 Å². The van der Waals surface area contributed by atoms with Crippen LogP contribution in [0.2, 0.25) is 0 Å². The summed E-state index contributed by atoms with van der Waals surface area (Å²) in [6.45, 7) is 4.01. The molecule has 0 aromatic heterocycles. The zero-order chi connectivity index (χ0) is 19.9. The van der Waals surface area contributed by atoms with Crippen molar-refractivity contribution in [1.29, 1.82) is 0 Å². The van der Waals surface area contributed by atoms with Gasteiger partial charge in [0, 0.05) is 50.3 Å². The van der Waals surface area contributed by atoms with Gasteiger partial charge in [-0.15, -0.1) is 0 Å². The lowest BCUT2D eigenvalue weighted by atomic mass is 10.2. The summed E-state index contributed by atoms with van der Waals surface area (Å²) in [5, 5.41) is 0. The van der Waals surface area contributed by atoms with E-state index in [1.54, 1.807) is 0 Å². The van der Waals surface area contributed by atoms with Crippen LogP contribution >= 0.6 is 10.0 Å². The molecular weight excluding hydrogens is 364 g/mol. The minimum atomic E-state index is -1.12. The Bertz CT molecular complexity index is 934. The third kappa shape index (κ3) is 3.59. The van der Waals surface area contributed by atoms with Crippen molar-refractivity contribution in [2.75, 3.05) is 49.7 Å². The number of anilines is 2. The van der Waals surface area contributed by atoms with Crippen LogP contribution in [0.25, 0.3) is 0 Å². The van der Waals surface area contributed by atoms with Crippen LogP contribution in [0.15, 0.2) is 77.1 Å². The summed E-state index contributed by atoms with van der Waals surface area (Å²) in [5.41, 5.74) is 3.85. The summed E-state index contributed by atoms with van der Waals surface area (Å²) in [6.07, 6.45) is 13.4. The predicted octanol–water partition coefficient (Wildman–Crippen LogP) is 4.84. The van der Waals surface area contributed by atoms with Crippen molar-refractivity contribution in [2.45, 2.75) is 16.7 Å². The van der Waals surface area contributed by atoms with E-state index in [9.17, 15) is 0 Å². The molecule has 5 heteroatoms. The van der Waals surface area contributed by atoms with Crippen molar-refractivity contribution >= 4 is 21.4 Å². The summed E-state index contributed by atoms with van der Waals surface area (Å²) in [7, 11) is 3.09. The van der Waals surface area contributed by atoms with Gasteiger partial charge in [0.2, 0.25) is 0 Å². The Morgan fingerprint density at radius 2 is 1.32 bits per heavy atom. The van der Waals surface area contributed by atoms with Crippen molar-refractivity contribution in [2.24, 2.45) is 0 Å². The third-order valence-electron chi connectivity index (χ3n) is 5.45. The second-order valence-corrected chi connectivity index (χ2v) is 11.8. The molecule has 0 unspecified atom stereocenters. The first-order valence-electron chi connectivity index (χ1n) is 9.58. The summed E-state index contributed by atoms with van der Waals surface area (Å²) < 4.78 is 0. The first-order valence-corrected chi connectivity index (χ1v) is 12.0. The molecule has 0 aliphatic carbocycles. The highest BCUT2D eigenvalue weighted by atomic mass is 32.3. The number of hydrogen-bond acceptors (Lipinski definition) is 4. The molecule has 0 N–H and O–H groups in total. The zero-order valence-corrected chi connectivity index (χ0v) is 18.3. The van der Waals surface area contributed by atoms with Crippen LogP contribution in [-0.4, -0.2) is 49.7 Å². The Balaban J connectivity index is 1.68. The number of rotatable bonds is 4. The second kappa shape index (κ2) is 7.13. The summed E-state index contributed by atoms with van der Waals surface area (Å²) in [6, 6.07) is 16.1. The molecule has 0 spiro atoms. The van der Waals surface area contributed by atoms with E-state index in [0.717, 1.165) is 13.3 Å². The van der Waals surface area contributed by atoms with E-state index in [4.69, 9.17) is 0 Å². The Kier molecular flexibility index (Phi) is 4.79. The number of hydrogen-bond donors (Lipinski definition) is 0. The Morgan fingerprint density at radius 3 is 1.93 bits per heavy atom. The molecule has 2 aliphatic heterocycles. The Morgan fingerprint density at radius 1 is 0.714 bits per heavy atom. The smallest absolute Gasteiger partial charge is 0.0938 e. The molecule has 0 atom stereocenters. The lowest BCUT2D eigenvalue weighted by Gasteiger charge is -2.34. The predicted molar refractivity (Wildman–Crippen MR) is 122 cm³/mol. The lowest BCUT2D eigenvalue weighted by Crippen LogP contribution is -2.22. The molecule has 0 fully saturated rings. The first-order chi connectivity index (χ1) is 13.3. The van der Waals surface area contributed by atoms with Gasteiger partial charge in [0.1, 0.15) is 0 Å². The van der Waals surface area contributed by atoms with E-state index < -0.39 is 10.0 Å². The van der Waals surface area contributed by atoms with Crippen LogP contribution in [0.3, 0.4) is 0 Å². The molecule has 4 rings (SSSR count). The normalized spacial score (nSPS) is 17.2. The fourth-order valence-electron chi connectivity index (χ4n) is 3.70. The van der Waals surface area contributed by atoms with E-state index in [0.29, 0.717) is 0 Å². The highest BCUT2D eigenvalue weighted by molar-refractivity contribution is 8.32. The summed E-state index contributed by atoms with van der Waals surface area (Å²) in [4.78, 5) is 11.8. The molecule has 0 saturated carbocycles. The molecule has 2 aliphatic rings. The van der Waals surface area contributed by atoms with E-state index in [2.05, 4.69) is 120 Å². The van der Waals surface area contributed by atoms with Gasteiger partial charge < -0.3 is 19.6 Å². The maximum Gasteiger partial charge on any atom is 0.0938 e. The molecular formula is C23H30N4S. The van der Waals surface area contributed by atoms with Gasteiger partial charge in [0.05, 0.1) is 13.3 Å². The van der Waals surface area contributed by atoms with E-state index >= 15 is 0 Å². The minimum Gasteiger partial charge on any atom is -0.361 e. The van der Waals surface area contributed by atoms with E-state index in [1.807, 2.05) is 0 Å². The van der Waals surface area contributed by atoms with Gasteiger partial charge in [-0.25, -0.2) is 0 Å². The maximum absolute atomic E-state index is 2.41. The van der Waals surface area contributed by atoms with Gasteiger partial charge in [-0.05, 0) is 71.2 Å². The number of nitrogens with zero attached hydrogens (tertiary/aromatic N) is 4. The SMILES string of the molecule is Cc1cc(N2C=CN(C)C2)cc(S(C)(C)c2cccc(N3C=CN(C)C3)c2)c1. The summed E-state index contributed by atoms with van der Waals surface area (Å²) in [5.74, 6) is 0. The molecule has 28 heavy (non-hydrogen) atoms. The Labute approximate surface area is 170 Å². The quantitative estimate of drug-likeness (QED) is 0.736. The van der Waals surface area contributed by atoms with E-state index in [1.165, 1.54) is 26.7 Å². The van der Waals surface area contributed by atoms with Gasteiger partial charge in [-0.3, -0.25) is 0 Å². The molecule has 2 aromatic rings. The van der Waals surface area contributed by atoms with Crippen molar-refractivity contribution in [1.82, 2.24) is 9.80 Å². The average Bonchev–Trinajstić information content (AvgIpc) is 3.30. The van der Waals surface area contributed by atoms with Gasteiger partial charge >= 0.3 is 0 Å². The minimum absolute atomic E-state index is 0.905. The van der Waals surface area contributed by atoms with Crippen LogP contribution in [0.4, 0.5) is 11.4 Å². The molecule has 148 valence electrons. The molecule has 2 aromatic carbocycles. The standard InChI is InChI=1S/C23H30N4S/c1-19-13-21(27-12-10-25(3)18-27)16-23(14-19)28(4,5)22-8-6-7-20(15-22)26-11-9-24(2)17-26/h6-16H,17-18H2,1-5H3. The highest BCUT2D eigenvalue weighted by Gasteiger charge is 2.22. The lowest BCUT2D eigenvalue weighted by molar-refractivity contribution is 0.495. The fourth-order valence-corrected chi connectivity index (χ4v) is 5.70. The van der Waals surface area contributed by atoms with Gasteiger partial charge in [0.25, 0.3) is 0 Å². The van der Waals surface area contributed by atoms with Crippen molar-refractivity contribution in [3.63, 3.8) is 0 Å². The maximum atomic E-state index is 2.41. The van der Waals surface area contributed by atoms with Gasteiger partial charge in [-0.1, -0.05) is 6.07 Å². The molecule has 4 nitrogen and oxygen atoms in total. The van der Waals surface area contributed by atoms with Crippen LogP contribution in [0.5, 0.6) is 0 Å². The largest absolute Gasteiger partial charge is 0.361 e. The number of aryl methyl sites for hydroxylation is 1. The zero-order valence-electron chi connectivity index (χ0n) is 17.5. The highest BCUT2D eigenvalue weighted by Crippen LogP contribution is 2.57. The molecule has 0 amide bonds. The molecule has 2 heterocycles. The second-order valence-electron chi connectivity index (χ2n) is 8.16. The van der Waals surface area contributed by atoms with Crippen molar-refractivity contribution in [3.8, 4) is 0 Å². The van der Waals surface area contributed by atoms with Gasteiger partial charge in [0.15, 0.2) is 0 Å². The van der Waals surface area contributed by atoms with Crippen LogP contribution in [0.1, 0.15) is 5.56 Å². The molecule has 0 bridgehead atoms. The Hall–Kier alpha value is -2.53. The third-order valence-corrected chi connectivity index (χ3v) is 8.29. The van der Waals surface area contributed by atoms with Crippen molar-refractivity contribution in [3.05, 3.63) is 72.8 Å². The monoisotopic (exact) mass is 394 g/mol.